The van der Waals surface area contributed by atoms with Crippen LogP contribution in [0.1, 0.15) is 10.4 Å². The molecule has 0 saturated carbocycles. The molecule has 2 amide bonds. The van der Waals surface area contributed by atoms with Crippen LogP contribution in [0.4, 0.5) is 15.6 Å². The summed E-state index contributed by atoms with van der Waals surface area (Å²) in [6, 6.07) is 4.08. The van der Waals surface area contributed by atoms with Gasteiger partial charge in [0.15, 0.2) is 5.13 Å². The van der Waals surface area contributed by atoms with Crippen molar-refractivity contribution in [3.8, 4) is 0 Å². The number of carbonyl (C=O) groups is 2. The second-order valence-corrected chi connectivity index (χ2v) is 5.13. The maximum absolute atomic E-state index is 11.7. The Balaban J connectivity index is 2.19. The van der Waals surface area contributed by atoms with Crippen LogP contribution in [0.2, 0.25) is 0 Å². The molecule has 1 aromatic heterocycles. The van der Waals surface area contributed by atoms with E-state index >= 15 is 0 Å². The fraction of sp³-hybridized carbons (Fsp3) is 0. The van der Waals surface area contributed by atoms with Crippen molar-refractivity contribution in [3.05, 3.63) is 39.8 Å². The highest BCUT2D eigenvalue weighted by atomic mass is 79.9. The molecule has 2 rings (SSSR count). The van der Waals surface area contributed by atoms with Crippen molar-refractivity contribution >= 4 is 50.1 Å². The van der Waals surface area contributed by atoms with Gasteiger partial charge >= 0.3 is 12.0 Å². The Morgan fingerprint density at radius 2 is 2.11 bits per heavy atom. The third-order valence-corrected chi connectivity index (χ3v) is 3.48. The van der Waals surface area contributed by atoms with E-state index < -0.39 is 12.0 Å². The smallest absolute Gasteiger partial charge is 0.337 e. The number of thiazole rings is 1. The average Bonchev–Trinajstić information content (AvgIpc) is 2.84. The Morgan fingerprint density at radius 3 is 2.74 bits per heavy atom. The molecule has 8 heteroatoms. The first-order chi connectivity index (χ1) is 9.08. The molecule has 0 fully saturated rings. The Hall–Kier alpha value is -1.93. The first-order valence-electron chi connectivity index (χ1n) is 5.07. The van der Waals surface area contributed by atoms with Gasteiger partial charge in [-0.2, -0.15) is 0 Å². The minimum absolute atomic E-state index is 0.00339. The van der Waals surface area contributed by atoms with Gasteiger partial charge in [-0.05, 0) is 28.1 Å². The van der Waals surface area contributed by atoms with Crippen LogP contribution in [0.5, 0.6) is 0 Å². The summed E-state index contributed by atoms with van der Waals surface area (Å²) in [4.78, 5) is 26.7. The number of nitrogens with zero attached hydrogens (tertiary/aromatic N) is 1. The standard InChI is InChI=1S/C11H8BrN3O3S/c12-7-3-1-2-6(9(16)17)8(7)14-10(18)15-11-13-4-5-19-11/h1-5H,(H,16,17)(H2,13,14,15,18). The average molecular weight is 342 g/mol. The molecular formula is C11H8BrN3O3S. The highest BCUT2D eigenvalue weighted by molar-refractivity contribution is 9.10. The number of carbonyl (C=O) groups excluding carboxylic acids is 1. The zero-order valence-electron chi connectivity index (χ0n) is 9.38. The predicted octanol–water partition coefficient (Wildman–Crippen LogP) is 3.25. The Kier molecular flexibility index (Phi) is 4.13. The number of carboxylic acid groups (broad SMARTS) is 1. The Bertz CT molecular complexity index is 616. The number of aromatic carboxylic acids is 1. The van der Waals surface area contributed by atoms with E-state index in [1.165, 1.54) is 17.4 Å². The van der Waals surface area contributed by atoms with Crippen LogP contribution in [0.3, 0.4) is 0 Å². The molecule has 0 atom stereocenters. The normalized spacial score (nSPS) is 9.95. The van der Waals surface area contributed by atoms with Crippen molar-refractivity contribution in [3.63, 3.8) is 0 Å². The van der Waals surface area contributed by atoms with Crippen LogP contribution in [0.15, 0.2) is 34.2 Å². The molecule has 0 saturated heterocycles. The highest BCUT2D eigenvalue weighted by Gasteiger charge is 2.15. The molecule has 1 heterocycles. The number of amides is 2. The van der Waals surface area contributed by atoms with Crippen LogP contribution < -0.4 is 10.6 Å². The molecule has 2 aromatic rings. The number of rotatable bonds is 3. The first kappa shape index (κ1) is 13.5. The lowest BCUT2D eigenvalue weighted by atomic mass is 10.2. The van der Waals surface area contributed by atoms with Gasteiger partial charge in [-0.3, -0.25) is 5.32 Å². The molecule has 6 nitrogen and oxygen atoms in total. The molecular weight excluding hydrogens is 334 g/mol. The predicted molar refractivity (Wildman–Crippen MR) is 75.9 cm³/mol. The third kappa shape index (κ3) is 3.30. The molecule has 0 aliphatic heterocycles. The molecule has 0 radical (unpaired) electrons. The Labute approximate surface area is 120 Å². The van der Waals surface area contributed by atoms with Crippen LogP contribution in [0.25, 0.3) is 0 Å². The zero-order valence-corrected chi connectivity index (χ0v) is 11.8. The van der Waals surface area contributed by atoms with E-state index in [2.05, 4.69) is 31.5 Å². The van der Waals surface area contributed by atoms with E-state index in [9.17, 15) is 9.59 Å². The van der Waals surface area contributed by atoms with Crippen molar-refractivity contribution in [2.24, 2.45) is 0 Å². The van der Waals surface area contributed by atoms with Crippen molar-refractivity contribution in [2.45, 2.75) is 0 Å². The number of aromatic nitrogens is 1. The van der Waals surface area contributed by atoms with Crippen LogP contribution >= 0.6 is 27.3 Å². The molecule has 98 valence electrons. The van der Waals surface area contributed by atoms with Gasteiger partial charge in [0.25, 0.3) is 0 Å². The number of urea groups is 1. The van der Waals surface area contributed by atoms with Gasteiger partial charge in [-0.1, -0.05) is 6.07 Å². The summed E-state index contributed by atoms with van der Waals surface area (Å²) < 4.78 is 0.488. The number of hydrogen-bond donors (Lipinski definition) is 3. The number of hydrogen-bond acceptors (Lipinski definition) is 4. The maximum Gasteiger partial charge on any atom is 0.337 e. The summed E-state index contributed by atoms with van der Waals surface area (Å²) in [7, 11) is 0. The van der Waals surface area contributed by atoms with Crippen LogP contribution in [0, 0.1) is 0 Å². The molecule has 0 bridgehead atoms. The SMILES string of the molecule is O=C(Nc1nccs1)Nc1c(Br)cccc1C(=O)O. The number of benzene rings is 1. The number of anilines is 2. The van der Waals surface area contributed by atoms with Gasteiger partial charge < -0.3 is 10.4 Å². The fourth-order valence-corrected chi connectivity index (χ4v) is 2.35. The Morgan fingerprint density at radius 1 is 1.32 bits per heavy atom. The molecule has 19 heavy (non-hydrogen) atoms. The van der Waals surface area contributed by atoms with Gasteiger partial charge in [0.05, 0.1) is 11.3 Å². The van der Waals surface area contributed by atoms with Gasteiger partial charge in [0.2, 0.25) is 0 Å². The van der Waals surface area contributed by atoms with Crippen LogP contribution in [-0.4, -0.2) is 22.1 Å². The van der Waals surface area contributed by atoms with Crippen molar-refractivity contribution in [1.29, 1.82) is 0 Å². The topological polar surface area (TPSA) is 91.3 Å². The summed E-state index contributed by atoms with van der Waals surface area (Å²) in [6.45, 7) is 0. The first-order valence-corrected chi connectivity index (χ1v) is 6.74. The molecule has 0 spiro atoms. The number of nitrogens with one attached hydrogen (secondary N) is 2. The van der Waals surface area contributed by atoms with Crippen molar-refractivity contribution in [1.82, 2.24) is 4.98 Å². The zero-order chi connectivity index (χ0) is 13.8. The number of carboxylic acids is 1. The van der Waals surface area contributed by atoms with Crippen molar-refractivity contribution in [2.75, 3.05) is 10.6 Å². The van der Waals surface area contributed by atoms with Crippen molar-refractivity contribution < 1.29 is 14.7 Å². The summed E-state index contributed by atoms with van der Waals surface area (Å²) in [6.07, 6.45) is 1.56. The second-order valence-electron chi connectivity index (χ2n) is 3.38. The summed E-state index contributed by atoms with van der Waals surface area (Å²) in [5.74, 6) is -1.12. The molecule has 0 unspecified atom stereocenters. The maximum atomic E-state index is 11.7. The molecule has 1 aromatic carbocycles. The van der Waals surface area contributed by atoms with E-state index in [1.807, 2.05) is 0 Å². The minimum Gasteiger partial charge on any atom is -0.478 e. The summed E-state index contributed by atoms with van der Waals surface area (Å²) in [5.41, 5.74) is 0.202. The summed E-state index contributed by atoms with van der Waals surface area (Å²) >= 11 is 4.47. The largest absolute Gasteiger partial charge is 0.478 e. The van der Waals surface area contributed by atoms with E-state index in [4.69, 9.17) is 5.11 Å². The van der Waals surface area contributed by atoms with E-state index in [0.717, 1.165) is 0 Å². The lowest BCUT2D eigenvalue weighted by Crippen LogP contribution is -2.21. The molecule has 0 aliphatic carbocycles. The third-order valence-electron chi connectivity index (χ3n) is 2.14. The van der Waals surface area contributed by atoms with Crippen LogP contribution in [-0.2, 0) is 0 Å². The number of halogens is 1. The number of para-hydroxylation sites is 1. The van der Waals surface area contributed by atoms with Gasteiger partial charge in [-0.15, -0.1) is 11.3 Å². The quantitative estimate of drug-likeness (QED) is 0.799. The highest BCUT2D eigenvalue weighted by Crippen LogP contribution is 2.26. The lowest BCUT2D eigenvalue weighted by Gasteiger charge is -2.10. The fourth-order valence-electron chi connectivity index (χ4n) is 1.36. The summed E-state index contributed by atoms with van der Waals surface area (Å²) in [5, 5.41) is 16.2. The second kappa shape index (κ2) is 5.81. The van der Waals surface area contributed by atoms with Gasteiger partial charge in [-0.25, -0.2) is 14.6 Å². The lowest BCUT2D eigenvalue weighted by molar-refractivity contribution is 0.0698. The monoisotopic (exact) mass is 341 g/mol. The van der Waals surface area contributed by atoms with E-state index in [1.54, 1.807) is 23.7 Å². The van der Waals surface area contributed by atoms with E-state index in [0.29, 0.717) is 9.60 Å². The minimum atomic E-state index is -1.12. The molecule has 0 aliphatic rings. The van der Waals surface area contributed by atoms with E-state index in [-0.39, 0.29) is 11.3 Å². The van der Waals surface area contributed by atoms with Gasteiger partial charge in [0, 0.05) is 16.0 Å². The molecule has 3 N–H and O–H groups in total. The van der Waals surface area contributed by atoms with Gasteiger partial charge in [0.1, 0.15) is 0 Å².